The van der Waals surface area contributed by atoms with Crippen molar-refractivity contribution in [1.29, 1.82) is 0 Å². The third kappa shape index (κ3) is 2.46. The summed E-state index contributed by atoms with van der Waals surface area (Å²) in [4.78, 5) is 13.3. The Morgan fingerprint density at radius 1 is 1.75 bits per heavy atom. The maximum absolute atomic E-state index is 11.1. The predicted molar refractivity (Wildman–Crippen MR) is 47.7 cm³/mol. The van der Waals surface area contributed by atoms with Gasteiger partial charge in [0.25, 0.3) is 0 Å². The number of rotatable bonds is 3. The molecule has 1 amide bonds. The average molecular weight is 171 g/mol. The molecule has 1 unspecified atom stereocenters. The molecule has 0 saturated carbocycles. The Morgan fingerprint density at radius 3 is 3.08 bits per heavy atom. The van der Waals surface area contributed by atoms with Crippen LogP contribution >= 0.6 is 0 Å². The fraction of sp³-hybridized carbons (Fsp3) is 0.875. The summed E-state index contributed by atoms with van der Waals surface area (Å²) >= 11 is 0. The van der Waals surface area contributed by atoms with Gasteiger partial charge in [-0.25, -0.2) is 0 Å². The van der Waals surface area contributed by atoms with E-state index in [1.807, 2.05) is 0 Å². The van der Waals surface area contributed by atoms with Gasteiger partial charge in [-0.15, -0.1) is 0 Å². The highest BCUT2D eigenvalue weighted by atomic mass is 16.2. The second kappa shape index (κ2) is 4.42. The van der Waals surface area contributed by atoms with E-state index in [2.05, 4.69) is 17.1 Å². The molecule has 70 valence electrons. The largest absolute Gasteiger partial charge is 0.350 e. The zero-order chi connectivity index (χ0) is 8.97. The third-order valence-electron chi connectivity index (χ3n) is 2.04. The summed E-state index contributed by atoms with van der Waals surface area (Å²) < 4.78 is 0. The lowest BCUT2D eigenvalue weighted by molar-refractivity contribution is -0.125. The molecule has 1 aliphatic rings. The highest BCUT2D eigenvalue weighted by molar-refractivity contribution is 5.79. The molecular weight excluding hydrogens is 154 g/mol. The Morgan fingerprint density at radius 2 is 2.50 bits per heavy atom. The van der Waals surface area contributed by atoms with Crippen molar-refractivity contribution in [3.8, 4) is 0 Å². The number of piperazine rings is 1. The van der Waals surface area contributed by atoms with E-state index < -0.39 is 0 Å². The van der Waals surface area contributed by atoms with Crippen LogP contribution in [-0.4, -0.2) is 43.0 Å². The first-order chi connectivity index (χ1) is 5.76. The van der Waals surface area contributed by atoms with Crippen LogP contribution in [0.3, 0.4) is 0 Å². The van der Waals surface area contributed by atoms with Crippen LogP contribution in [0.25, 0.3) is 0 Å². The molecule has 1 heterocycles. The summed E-state index contributed by atoms with van der Waals surface area (Å²) in [6.07, 6.45) is 1.09. The molecule has 0 spiro atoms. The lowest BCUT2D eigenvalue weighted by Gasteiger charge is -2.31. The van der Waals surface area contributed by atoms with Crippen LogP contribution in [-0.2, 0) is 4.79 Å². The fourth-order valence-electron chi connectivity index (χ4n) is 1.52. The fourth-order valence-corrected chi connectivity index (χ4v) is 1.52. The van der Waals surface area contributed by atoms with Crippen molar-refractivity contribution in [3.05, 3.63) is 0 Å². The molecule has 0 aromatic carbocycles. The average Bonchev–Trinajstić information content (AvgIpc) is 2.04. The smallest absolute Gasteiger partial charge is 0.234 e. The summed E-state index contributed by atoms with van der Waals surface area (Å²) in [5.41, 5.74) is 5.48. The predicted octanol–water partition coefficient (Wildman–Crippen LogP) is -0.844. The van der Waals surface area contributed by atoms with E-state index in [0.717, 1.165) is 19.5 Å². The Balaban J connectivity index is 2.39. The number of carbonyl (C=O) groups is 1. The molecule has 0 aromatic heterocycles. The van der Waals surface area contributed by atoms with E-state index >= 15 is 0 Å². The van der Waals surface area contributed by atoms with Gasteiger partial charge in [0.1, 0.15) is 0 Å². The Bertz CT molecular complexity index is 160. The molecule has 0 radical (unpaired) electrons. The van der Waals surface area contributed by atoms with E-state index in [0.29, 0.717) is 13.1 Å². The van der Waals surface area contributed by atoms with Gasteiger partial charge < -0.3 is 11.1 Å². The number of amides is 1. The summed E-state index contributed by atoms with van der Waals surface area (Å²) in [5, 5.41) is 2.85. The second-order valence-electron chi connectivity index (χ2n) is 3.24. The number of nitrogens with two attached hydrogens (primary N) is 1. The van der Waals surface area contributed by atoms with Crippen molar-refractivity contribution in [2.45, 2.75) is 19.4 Å². The number of carbonyl (C=O) groups excluding carboxylic acids is 1. The quantitative estimate of drug-likeness (QED) is 0.582. The maximum Gasteiger partial charge on any atom is 0.234 e. The summed E-state index contributed by atoms with van der Waals surface area (Å²) in [7, 11) is 0. The van der Waals surface area contributed by atoms with Crippen LogP contribution in [0.4, 0.5) is 0 Å². The van der Waals surface area contributed by atoms with Crippen LogP contribution < -0.4 is 11.1 Å². The zero-order valence-electron chi connectivity index (χ0n) is 7.55. The van der Waals surface area contributed by atoms with Crippen molar-refractivity contribution in [2.24, 2.45) is 5.73 Å². The normalized spacial score (nSPS) is 25.5. The van der Waals surface area contributed by atoms with Gasteiger partial charge in [0, 0.05) is 13.1 Å². The van der Waals surface area contributed by atoms with Gasteiger partial charge in [0.2, 0.25) is 5.91 Å². The van der Waals surface area contributed by atoms with E-state index in [4.69, 9.17) is 5.73 Å². The van der Waals surface area contributed by atoms with Gasteiger partial charge in [-0.3, -0.25) is 9.69 Å². The Kier molecular flexibility index (Phi) is 3.49. The van der Waals surface area contributed by atoms with E-state index in [1.54, 1.807) is 0 Å². The van der Waals surface area contributed by atoms with Gasteiger partial charge in [-0.05, 0) is 13.0 Å². The molecule has 1 saturated heterocycles. The zero-order valence-corrected chi connectivity index (χ0v) is 7.55. The first-order valence-corrected chi connectivity index (χ1v) is 4.48. The molecule has 1 atom stereocenters. The number of hydrogen-bond donors (Lipinski definition) is 2. The topological polar surface area (TPSA) is 58.4 Å². The van der Waals surface area contributed by atoms with Gasteiger partial charge >= 0.3 is 0 Å². The lowest BCUT2D eigenvalue weighted by Crippen LogP contribution is -2.56. The highest BCUT2D eigenvalue weighted by Crippen LogP contribution is 1.99. The van der Waals surface area contributed by atoms with Gasteiger partial charge in [0.05, 0.1) is 12.6 Å². The van der Waals surface area contributed by atoms with Crippen LogP contribution in [0, 0.1) is 0 Å². The third-order valence-corrected chi connectivity index (χ3v) is 2.04. The number of nitrogens with one attached hydrogen (secondary N) is 1. The van der Waals surface area contributed by atoms with E-state index in [9.17, 15) is 4.79 Å². The molecule has 4 nitrogen and oxygen atoms in total. The van der Waals surface area contributed by atoms with Crippen LogP contribution in [0.5, 0.6) is 0 Å². The van der Waals surface area contributed by atoms with E-state index in [-0.39, 0.29) is 11.9 Å². The van der Waals surface area contributed by atoms with Gasteiger partial charge in [-0.2, -0.15) is 0 Å². The minimum atomic E-state index is 0.102. The summed E-state index contributed by atoms with van der Waals surface area (Å²) in [6.45, 7) is 5.07. The molecule has 0 aromatic rings. The van der Waals surface area contributed by atoms with Crippen molar-refractivity contribution in [3.63, 3.8) is 0 Å². The van der Waals surface area contributed by atoms with E-state index in [1.165, 1.54) is 0 Å². The molecular formula is C8H17N3O. The number of nitrogens with zero attached hydrogens (tertiary/aromatic N) is 1. The second-order valence-corrected chi connectivity index (χ2v) is 3.24. The molecule has 0 bridgehead atoms. The van der Waals surface area contributed by atoms with Crippen LogP contribution in [0.15, 0.2) is 0 Å². The molecule has 4 heteroatoms. The van der Waals surface area contributed by atoms with Gasteiger partial charge in [0.15, 0.2) is 0 Å². The molecule has 1 rings (SSSR count). The number of hydrogen-bond acceptors (Lipinski definition) is 3. The Hall–Kier alpha value is -0.610. The molecule has 3 N–H and O–H groups in total. The van der Waals surface area contributed by atoms with Crippen molar-refractivity contribution < 1.29 is 4.79 Å². The summed E-state index contributed by atoms with van der Waals surface area (Å²) in [6, 6.07) is 0.151. The Labute approximate surface area is 73.1 Å². The van der Waals surface area contributed by atoms with Crippen molar-refractivity contribution in [1.82, 2.24) is 10.2 Å². The SMILES string of the molecule is CCCN1CC(=O)NC(CN)C1. The molecule has 0 aliphatic carbocycles. The standard InChI is InChI=1S/C8H17N3O/c1-2-3-11-5-7(4-9)10-8(12)6-11/h7H,2-6,9H2,1H3,(H,10,12). The molecule has 1 aliphatic heterocycles. The monoisotopic (exact) mass is 171 g/mol. The minimum absolute atomic E-state index is 0.102. The highest BCUT2D eigenvalue weighted by Gasteiger charge is 2.22. The minimum Gasteiger partial charge on any atom is -0.350 e. The molecule has 1 fully saturated rings. The van der Waals surface area contributed by atoms with Gasteiger partial charge in [-0.1, -0.05) is 6.92 Å². The summed E-state index contributed by atoms with van der Waals surface area (Å²) in [5.74, 6) is 0.102. The first-order valence-electron chi connectivity index (χ1n) is 4.48. The van der Waals surface area contributed by atoms with Crippen LogP contribution in [0.2, 0.25) is 0 Å². The first kappa shape index (κ1) is 9.48. The van der Waals surface area contributed by atoms with Crippen molar-refractivity contribution in [2.75, 3.05) is 26.2 Å². The maximum atomic E-state index is 11.1. The lowest BCUT2D eigenvalue weighted by atomic mass is 10.2. The molecule has 12 heavy (non-hydrogen) atoms. The van der Waals surface area contributed by atoms with Crippen LogP contribution in [0.1, 0.15) is 13.3 Å². The van der Waals surface area contributed by atoms with Crippen molar-refractivity contribution >= 4 is 5.91 Å².